The Labute approximate surface area is 190 Å². The van der Waals surface area contributed by atoms with E-state index in [1.54, 1.807) is 6.20 Å². The second kappa shape index (κ2) is 12.1. The fourth-order valence-corrected chi connectivity index (χ4v) is 2.72. The van der Waals surface area contributed by atoms with Crippen LogP contribution in [0.5, 0.6) is 11.5 Å². The van der Waals surface area contributed by atoms with Gasteiger partial charge in [0.1, 0.15) is 17.2 Å². The number of carbonyl (C=O) groups excluding carboxylic acids is 1. The molecule has 0 aliphatic heterocycles. The third kappa shape index (κ3) is 6.45. The van der Waals surface area contributed by atoms with Crippen molar-refractivity contribution in [1.29, 1.82) is 0 Å². The molecule has 0 spiro atoms. The molecule has 3 aromatic heterocycles. The summed E-state index contributed by atoms with van der Waals surface area (Å²) in [6, 6.07) is 7.30. The molecule has 8 nitrogen and oxygen atoms in total. The largest absolute Gasteiger partial charge is 0.450 e. The second-order valence-corrected chi connectivity index (χ2v) is 6.45. The first-order valence-electron chi connectivity index (χ1n) is 10.2. The number of benzene rings is 1. The molecule has 33 heavy (non-hydrogen) atoms. The normalized spacial score (nSPS) is 9.79. The minimum Gasteiger partial charge on any atom is -0.450 e. The summed E-state index contributed by atoms with van der Waals surface area (Å²) >= 11 is 0. The maximum absolute atomic E-state index is 14.0. The van der Waals surface area contributed by atoms with Crippen molar-refractivity contribution in [3.63, 3.8) is 0 Å². The molecule has 1 aromatic carbocycles. The summed E-state index contributed by atoms with van der Waals surface area (Å²) in [6.07, 6.45) is 3.55. The van der Waals surface area contributed by atoms with Crippen LogP contribution in [0.1, 0.15) is 25.1 Å². The average molecular weight is 456 g/mol. The number of rotatable bonds is 5. The van der Waals surface area contributed by atoms with Crippen molar-refractivity contribution in [3.05, 3.63) is 65.6 Å². The Morgan fingerprint density at radius 1 is 1.06 bits per heavy atom. The van der Waals surface area contributed by atoms with Gasteiger partial charge in [0.05, 0.1) is 11.1 Å². The molecule has 174 valence electrons. The Morgan fingerprint density at radius 2 is 1.76 bits per heavy atom. The van der Waals surface area contributed by atoms with Gasteiger partial charge < -0.3 is 20.4 Å². The van der Waals surface area contributed by atoms with Crippen molar-refractivity contribution in [2.45, 2.75) is 27.7 Å². The van der Waals surface area contributed by atoms with E-state index in [4.69, 9.17) is 4.74 Å². The number of anilines is 2. The minimum absolute atomic E-state index is 0.00931. The minimum atomic E-state index is -0.914. The van der Waals surface area contributed by atoms with E-state index in [0.717, 1.165) is 29.2 Å². The first kappa shape index (κ1) is 25.2. The number of aromatic nitrogens is 4. The Kier molecular flexibility index (Phi) is 9.22. The van der Waals surface area contributed by atoms with Crippen LogP contribution >= 0.6 is 0 Å². The number of halogens is 2. The molecule has 0 fully saturated rings. The highest BCUT2D eigenvalue weighted by Gasteiger charge is 2.16. The van der Waals surface area contributed by atoms with Crippen LogP contribution in [-0.2, 0) is 4.79 Å². The number of amides is 1. The van der Waals surface area contributed by atoms with Crippen LogP contribution in [0, 0.1) is 25.5 Å². The average Bonchev–Trinajstić information content (AvgIpc) is 3.20. The molecule has 0 saturated carbocycles. The van der Waals surface area contributed by atoms with E-state index in [9.17, 15) is 13.6 Å². The summed E-state index contributed by atoms with van der Waals surface area (Å²) in [4.78, 5) is 17.4. The zero-order chi connectivity index (χ0) is 24.4. The van der Waals surface area contributed by atoms with Crippen LogP contribution in [0.4, 0.5) is 20.3 Å². The summed E-state index contributed by atoms with van der Waals surface area (Å²) in [5.74, 6) is -1.27. The topological polar surface area (TPSA) is 105 Å². The van der Waals surface area contributed by atoms with E-state index in [-0.39, 0.29) is 11.4 Å². The molecule has 0 bridgehead atoms. The lowest BCUT2D eigenvalue weighted by molar-refractivity contribution is -0.105. The Morgan fingerprint density at radius 3 is 2.33 bits per heavy atom. The highest BCUT2D eigenvalue weighted by molar-refractivity contribution is 5.86. The summed E-state index contributed by atoms with van der Waals surface area (Å²) in [6.45, 7) is 7.74. The molecular weight excluding hydrogens is 430 g/mol. The summed E-state index contributed by atoms with van der Waals surface area (Å²) in [5.41, 5.74) is 2.36. The van der Waals surface area contributed by atoms with Gasteiger partial charge in [0.2, 0.25) is 6.41 Å². The molecule has 1 amide bonds. The number of nitrogens with one attached hydrogen (secondary N) is 3. The van der Waals surface area contributed by atoms with E-state index in [2.05, 4.69) is 30.8 Å². The quantitative estimate of drug-likeness (QED) is 0.349. The zero-order valence-electron chi connectivity index (χ0n) is 19.0. The maximum Gasteiger partial charge on any atom is 0.211 e. The molecule has 10 heteroatoms. The standard InChI is InChI=1S/C15H11F2N3O2.C6H9N3.C2H6/c1-8-6-19-15-13(8)12(2-3-18-15)22-14-10(16)4-9(20-7-21)5-11(14)17;1-5-3-4-6(7-2)9-8-5;1-2/h2-7H,1H3,(H,18,19)(H,20,21);3-4H,1-2H3,(H,7,9);1-2H3. The van der Waals surface area contributed by atoms with Gasteiger partial charge in [-0.3, -0.25) is 4.79 Å². The van der Waals surface area contributed by atoms with Gasteiger partial charge in [-0.05, 0) is 37.6 Å². The number of ether oxygens (including phenoxy) is 1. The number of pyridine rings is 1. The molecule has 3 N–H and O–H groups in total. The van der Waals surface area contributed by atoms with Gasteiger partial charge in [-0.25, -0.2) is 13.8 Å². The first-order valence-corrected chi connectivity index (χ1v) is 10.2. The van der Waals surface area contributed by atoms with Crippen LogP contribution in [0.15, 0.2) is 42.7 Å². The fraction of sp³-hybridized carbons (Fsp3) is 0.217. The predicted molar refractivity (Wildman–Crippen MR) is 125 cm³/mol. The van der Waals surface area contributed by atoms with Gasteiger partial charge in [-0.2, -0.15) is 5.10 Å². The maximum atomic E-state index is 14.0. The number of aromatic amines is 1. The third-order valence-corrected chi connectivity index (χ3v) is 4.22. The van der Waals surface area contributed by atoms with Crippen LogP contribution < -0.4 is 15.4 Å². The number of nitrogens with zero attached hydrogens (tertiary/aromatic N) is 3. The molecule has 0 aliphatic carbocycles. The SMILES string of the molecule is CC.CNc1ccc(C)nn1.Cc1c[nH]c2nccc(Oc3c(F)cc(NC=O)cc3F)c12. The van der Waals surface area contributed by atoms with E-state index in [1.165, 1.54) is 12.3 Å². The van der Waals surface area contributed by atoms with E-state index >= 15 is 0 Å². The fourth-order valence-electron chi connectivity index (χ4n) is 2.72. The van der Waals surface area contributed by atoms with Crippen LogP contribution in [0.2, 0.25) is 0 Å². The van der Waals surface area contributed by atoms with Crippen LogP contribution in [-0.4, -0.2) is 33.6 Å². The number of carbonyl (C=O) groups is 1. The highest BCUT2D eigenvalue weighted by Crippen LogP contribution is 2.34. The summed E-state index contributed by atoms with van der Waals surface area (Å²) in [5, 5.41) is 13.4. The second-order valence-electron chi connectivity index (χ2n) is 6.45. The molecule has 0 aliphatic rings. The van der Waals surface area contributed by atoms with Crippen molar-refractivity contribution in [2.24, 2.45) is 0 Å². The molecule has 4 rings (SSSR count). The van der Waals surface area contributed by atoms with Gasteiger partial charge in [0.25, 0.3) is 0 Å². The van der Waals surface area contributed by atoms with Crippen molar-refractivity contribution < 1.29 is 18.3 Å². The van der Waals surface area contributed by atoms with Gasteiger partial charge >= 0.3 is 0 Å². The Hall–Kier alpha value is -4.08. The Bertz CT molecular complexity index is 1170. The van der Waals surface area contributed by atoms with Crippen molar-refractivity contribution in [2.75, 3.05) is 17.7 Å². The lowest BCUT2D eigenvalue weighted by Crippen LogP contribution is -1.99. The van der Waals surface area contributed by atoms with Crippen molar-refractivity contribution >= 4 is 28.9 Å². The Balaban J connectivity index is 0.000000293. The lowest BCUT2D eigenvalue weighted by Gasteiger charge is -2.10. The number of hydrogen-bond acceptors (Lipinski definition) is 6. The zero-order valence-corrected chi connectivity index (χ0v) is 19.0. The number of fused-ring (bicyclic) bond motifs is 1. The van der Waals surface area contributed by atoms with Gasteiger partial charge in [0.15, 0.2) is 17.4 Å². The molecular formula is C23H26F2N6O2. The van der Waals surface area contributed by atoms with Gasteiger partial charge in [-0.1, -0.05) is 13.8 Å². The first-order chi connectivity index (χ1) is 15.9. The number of aryl methyl sites for hydroxylation is 2. The molecule has 0 unspecified atom stereocenters. The van der Waals surface area contributed by atoms with E-state index < -0.39 is 17.4 Å². The smallest absolute Gasteiger partial charge is 0.211 e. The third-order valence-electron chi connectivity index (χ3n) is 4.22. The van der Waals surface area contributed by atoms with Gasteiger partial charge in [0, 0.05) is 37.3 Å². The number of hydrogen-bond donors (Lipinski definition) is 3. The molecule has 0 atom stereocenters. The molecule has 0 radical (unpaired) electrons. The van der Waals surface area contributed by atoms with Crippen molar-refractivity contribution in [1.82, 2.24) is 20.2 Å². The summed E-state index contributed by atoms with van der Waals surface area (Å²) in [7, 11) is 1.82. The monoisotopic (exact) mass is 456 g/mol. The predicted octanol–water partition coefficient (Wildman–Crippen LogP) is 5.36. The molecule has 0 saturated heterocycles. The molecule has 3 heterocycles. The highest BCUT2D eigenvalue weighted by atomic mass is 19.1. The lowest BCUT2D eigenvalue weighted by atomic mass is 10.2. The van der Waals surface area contributed by atoms with E-state index in [1.807, 2.05) is 46.9 Å². The van der Waals surface area contributed by atoms with Gasteiger partial charge in [-0.15, -0.1) is 5.10 Å². The molecule has 4 aromatic rings. The van der Waals surface area contributed by atoms with E-state index in [0.29, 0.717) is 17.4 Å². The number of H-pyrrole nitrogens is 1. The van der Waals surface area contributed by atoms with Crippen molar-refractivity contribution in [3.8, 4) is 11.5 Å². The van der Waals surface area contributed by atoms with Crippen LogP contribution in [0.25, 0.3) is 11.0 Å². The van der Waals surface area contributed by atoms with Crippen LogP contribution in [0.3, 0.4) is 0 Å². The summed E-state index contributed by atoms with van der Waals surface area (Å²) < 4.78 is 33.4.